The molecule has 1 N–H and O–H groups in total. The normalized spacial score (nSPS) is 17.5. The Morgan fingerprint density at radius 1 is 1.33 bits per heavy atom. The zero-order chi connectivity index (χ0) is 15.5. The molecule has 1 aliphatic heterocycles. The Morgan fingerprint density at radius 2 is 2.00 bits per heavy atom. The number of nitrogens with zero attached hydrogens (tertiary/aromatic N) is 2. The molecule has 2 rings (SSSR count). The number of benzene rings is 1. The second-order valence-corrected chi connectivity index (χ2v) is 5.52. The van der Waals surface area contributed by atoms with Crippen molar-refractivity contribution < 1.29 is 13.2 Å². The van der Waals surface area contributed by atoms with Crippen molar-refractivity contribution >= 4 is 17.3 Å². The lowest BCUT2D eigenvalue weighted by Gasteiger charge is -2.33. The van der Waals surface area contributed by atoms with Crippen LogP contribution >= 0.6 is 11.6 Å². The largest absolute Gasteiger partial charge is 0.401 e. The predicted molar refractivity (Wildman–Crippen MR) is 75.3 cm³/mol. The maximum absolute atomic E-state index is 12.3. The van der Waals surface area contributed by atoms with Gasteiger partial charge in [0.25, 0.3) is 0 Å². The second-order valence-electron chi connectivity index (χ2n) is 5.12. The Bertz CT molecular complexity index is 531. The van der Waals surface area contributed by atoms with Crippen molar-refractivity contribution in [2.75, 3.05) is 25.0 Å². The number of likely N-dealkylation sites (tertiary alicyclic amines) is 1. The second kappa shape index (κ2) is 6.54. The zero-order valence-electron chi connectivity index (χ0n) is 11.3. The van der Waals surface area contributed by atoms with Crippen LogP contribution in [0.15, 0.2) is 18.2 Å². The van der Waals surface area contributed by atoms with Crippen LogP contribution in [-0.2, 0) is 0 Å². The summed E-state index contributed by atoms with van der Waals surface area (Å²) in [5, 5.41) is 12.4. The molecule has 0 aromatic heterocycles. The molecule has 0 bridgehead atoms. The van der Waals surface area contributed by atoms with Crippen LogP contribution < -0.4 is 5.32 Å². The fraction of sp³-hybridized carbons (Fsp3) is 0.500. The first-order valence-corrected chi connectivity index (χ1v) is 7.00. The summed E-state index contributed by atoms with van der Waals surface area (Å²) in [6.07, 6.45) is -2.84. The number of nitriles is 1. The molecule has 1 fully saturated rings. The number of nitrogens with one attached hydrogen (secondary N) is 1. The Kier molecular flexibility index (Phi) is 4.96. The molecule has 0 amide bonds. The molecule has 0 atom stereocenters. The molecule has 114 valence electrons. The van der Waals surface area contributed by atoms with E-state index in [0.717, 1.165) is 5.69 Å². The van der Waals surface area contributed by atoms with E-state index in [0.29, 0.717) is 36.5 Å². The summed E-state index contributed by atoms with van der Waals surface area (Å²) in [6.45, 7) is -0.00914. The highest BCUT2D eigenvalue weighted by molar-refractivity contribution is 6.32. The standard InChI is InChI=1S/C14H15ClF3N3/c15-13-7-12(2-1-10(13)8-19)20-11-3-5-21(6-4-11)9-14(16,17)18/h1-2,7,11,20H,3-6,9H2. The van der Waals surface area contributed by atoms with Crippen molar-refractivity contribution in [1.82, 2.24) is 4.90 Å². The van der Waals surface area contributed by atoms with Gasteiger partial charge in [-0.3, -0.25) is 4.90 Å². The Morgan fingerprint density at radius 3 is 2.52 bits per heavy atom. The smallest absolute Gasteiger partial charge is 0.382 e. The quantitative estimate of drug-likeness (QED) is 0.925. The first-order valence-electron chi connectivity index (χ1n) is 6.62. The van der Waals surface area contributed by atoms with Gasteiger partial charge in [0.1, 0.15) is 6.07 Å². The fourth-order valence-electron chi connectivity index (χ4n) is 2.42. The van der Waals surface area contributed by atoms with Gasteiger partial charge in [0.2, 0.25) is 0 Å². The lowest BCUT2D eigenvalue weighted by Crippen LogP contribution is -2.43. The van der Waals surface area contributed by atoms with E-state index in [2.05, 4.69) is 5.32 Å². The van der Waals surface area contributed by atoms with Crippen LogP contribution in [0, 0.1) is 11.3 Å². The van der Waals surface area contributed by atoms with Crippen LogP contribution in [0.3, 0.4) is 0 Å². The number of piperidine rings is 1. The van der Waals surface area contributed by atoms with Gasteiger partial charge in [-0.15, -0.1) is 0 Å². The highest BCUT2D eigenvalue weighted by Crippen LogP contribution is 2.24. The fourth-order valence-corrected chi connectivity index (χ4v) is 2.64. The summed E-state index contributed by atoms with van der Waals surface area (Å²) in [6, 6.07) is 7.16. The first kappa shape index (κ1) is 15.9. The minimum Gasteiger partial charge on any atom is -0.382 e. The molecule has 1 saturated heterocycles. The third-order valence-corrected chi connectivity index (χ3v) is 3.76. The molecule has 1 heterocycles. The number of hydrogen-bond donors (Lipinski definition) is 1. The van der Waals surface area contributed by atoms with Crippen LogP contribution in [0.25, 0.3) is 0 Å². The number of anilines is 1. The van der Waals surface area contributed by atoms with Crippen molar-refractivity contribution in [1.29, 1.82) is 5.26 Å². The van der Waals surface area contributed by atoms with Gasteiger partial charge in [-0.2, -0.15) is 18.4 Å². The topological polar surface area (TPSA) is 39.1 Å². The van der Waals surface area contributed by atoms with Crippen molar-refractivity contribution in [3.05, 3.63) is 28.8 Å². The van der Waals surface area contributed by atoms with Crippen LogP contribution in [0.1, 0.15) is 18.4 Å². The van der Waals surface area contributed by atoms with Crippen LogP contribution in [0.4, 0.5) is 18.9 Å². The lowest BCUT2D eigenvalue weighted by atomic mass is 10.0. The highest BCUT2D eigenvalue weighted by Gasteiger charge is 2.32. The van der Waals surface area contributed by atoms with Crippen molar-refractivity contribution in [3.63, 3.8) is 0 Å². The lowest BCUT2D eigenvalue weighted by molar-refractivity contribution is -0.147. The van der Waals surface area contributed by atoms with E-state index in [1.807, 2.05) is 6.07 Å². The molecular formula is C14H15ClF3N3. The van der Waals surface area contributed by atoms with Crippen LogP contribution in [-0.4, -0.2) is 36.8 Å². The van der Waals surface area contributed by atoms with Gasteiger partial charge in [0.05, 0.1) is 17.1 Å². The molecule has 21 heavy (non-hydrogen) atoms. The van der Waals surface area contributed by atoms with E-state index in [1.165, 1.54) is 4.90 Å². The molecule has 1 aromatic carbocycles. The maximum Gasteiger partial charge on any atom is 0.401 e. The molecule has 0 spiro atoms. The average Bonchev–Trinajstić information content (AvgIpc) is 2.40. The number of hydrogen-bond acceptors (Lipinski definition) is 3. The van der Waals surface area contributed by atoms with Crippen LogP contribution in [0.2, 0.25) is 5.02 Å². The van der Waals surface area contributed by atoms with E-state index in [-0.39, 0.29) is 6.04 Å². The summed E-state index contributed by atoms with van der Waals surface area (Å²) in [7, 11) is 0. The first-order chi connectivity index (χ1) is 9.87. The van der Waals surface area contributed by atoms with Gasteiger partial charge in [0.15, 0.2) is 0 Å². The van der Waals surface area contributed by atoms with E-state index in [1.54, 1.807) is 18.2 Å². The van der Waals surface area contributed by atoms with Gasteiger partial charge >= 0.3 is 6.18 Å². The average molecular weight is 318 g/mol. The molecule has 7 heteroatoms. The summed E-state index contributed by atoms with van der Waals surface area (Å²) in [4.78, 5) is 1.42. The molecule has 0 aliphatic carbocycles. The summed E-state index contributed by atoms with van der Waals surface area (Å²) in [5.74, 6) is 0. The van der Waals surface area contributed by atoms with Gasteiger partial charge in [-0.25, -0.2) is 0 Å². The zero-order valence-corrected chi connectivity index (χ0v) is 12.0. The van der Waals surface area contributed by atoms with Crippen LogP contribution in [0.5, 0.6) is 0 Å². The van der Waals surface area contributed by atoms with Gasteiger partial charge in [-0.1, -0.05) is 11.6 Å². The van der Waals surface area contributed by atoms with Gasteiger partial charge in [-0.05, 0) is 31.0 Å². The molecular weight excluding hydrogens is 303 g/mol. The minimum atomic E-state index is -4.14. The monoisotopic (exact) mass is 317 g/mol. The van der Waals surface area contributed by atoms with Crippen molar-refractivity contribution in [2.45, 2.75) is 25.1 Å². The Labute approximate surface area is 126 Å². The summed E-state index contributed by atoms with van der Waals surface area (Å²) >= 11 is 5.95. The summed E-state index contributed by atoms with van der Waals surface area (Å²) < 4.78 is 36.9. The van der Waals surface area contributed by atoms with Gasteiger partial charge < -0.3 is 5.32 Å². The molecule has 0 unspecified atom stereocenters. The van der Waals surface area contributed by atoms with Crippen molar-refractivity contribution in [3.8, 4) is 6.07 Å². The summed E-state index contributed by atoms with van der Waals surface area (Å²) in [5.41, 5.74) is 1.19. The third-order valence-electron chi connectivity index (χ3n) is 3.45. The van der Waals surface area contributed by atoms with Crippen molar-refractivity contribution in [2.24, 2.45) is 0 Å². The SMILES string of the molecule is N#Cc1ccc(NC2CCN(CC(F)(F)F)CC2)cc1Cl. The third kappa shape index (κ3) is 4.80. The molecule has 1 aromatic rings. The predicted octanol–water partition coefficient (Wildman–Crippen LogP) is 3.65. The minimum absolute atomic E-state index is 0.124. The molecule has 3 nitrogen and oxygen atoms in total. The Hall–Kier alpha value is -1.45. The number of alkyl halides is 3. The Balaban J connectivity index is 1.86. The highest BCUT2D eigenvalue weighted by atomic mass is 35.5. The van der Waals surface area contributed by atoms with E-state index < -0.39 is 12.7 Å². The van der Waals surface area contributed by atoms with E-state index >= 15 is 0 Å². The number of halogens is 4. The maximum atomic E-state index is 12.3. The van der Waals surface area contributed by atoms with E-state index in [4.69, 9.17) is 16.9 Å². The molecule has 1 aliphatic rings. The van der Waals surface area contributed by atoms with E-state index in [9.17, 15) is 13.2 Å². The number of rotatable bonds is 3. The molecule has 0 radical (unpaired) electrons. The molecule has 0 saturated carbocycles. The van der Waals surface area contributed by atoms with Gasteiger partial charge in [0, 0.05) is 24.8 Å².